The summed E-state index contributed by atoms with van der Waals surface area (Å²) < 4.78 is 10.8. The Morgan fingerprint density at radius 2 is 1.81 bits per heavy atom. The highest BCUT2D eigenvalue weighted by atomic mass is 16.6. The summed E-state index contributed by atoms with van der Waals surface area (Å²) in [6.07, 6.45) is 0. The lowest BCUT2D eigenvalue weighted by Crippen LogP contribution is -2.17. The molecule has 2 rings (SSSR count). The Labute approximate surface area is 96.1 Å². The van der Waals surface area contributed by atoms with Crippen LogP contribution in [0.15, 0.2) is 23.2 Å². The molecule has 0 unspecified atom stereocenters. The van der Waals surface area contributed by atoms with E-state index in [1.165, 1.54) is 0 Å². The normalized spacial score (nSPS) is 13.8. The summed E-state index contributed by atoms with van der Waals surface area (Å²) in [7, 11) is 1.66. The summed E-state index contributed by atoms with van der Waals surface area (Å²) in [5, 5.41) is 0. The minimum absolute atomic E-state index is 0.502. The van der Waals surface area contributed by atoms with Gasteiger partial charge in [0.25, 0.3) is 0 Å². The van der Waals surface area contributed by atoms with Gasteiger partial charge in [0, 0.05) is 12.6 Å². The fourth-order valence-corrected chi connectivity index (χ4v) is 1.33. The Kier molecular flexibility index (Phi) is 4.64. The van der Waals surface area contributed by atoms with Crippen molar-refractivity contribution >= 4 is 5.84 Å². The Morgan fingerprint density at radius 3 is 2.44 bits per heavy atom. The average Bonchev–Trinajstić information content (AvgIpc) is 2.39. The van der Waals surface area contributed by atoms with Gasteiger partial charge in [0.05, 0.1) is 0 Å². The molecule has 88 valence electrons. The molecule has 0 spiro atoms. The first-order valence-electron chi connectivity index (χ1n) is 5.43. The minimum atomic E-state index is 0.502. The molecular formula is C12H18N2O2. The Balaban J connectivity index is 0.000000606. The van der Waals surface area contributed by atoms with Crippen LogP contribution >= 0.6 is 0 Å². The molecule has 4 heteroatoms. The van der Waals surface area contributed by atoms with Crippen LogP contribution in [0.1, 0.15) is 19.4 Å². The number of ether oxygens (including phenoxy) is 2. The molecule has 1 aromatic carbocycles. The van der Waals surface area contributed by atoms with E-state index in [4.69, 9.17) is 15.2 Å². The van der Waals surface area contributed by atoms with Crippen LogP contribution in [0.25, 0.3) is 0 Å². The van der Waals surface area contributed by atoms with Gasteiger partial charge in [0.15, 0.2) is 11.5 Å². The van der Waals surface area contributed by atoms with Crippen LogP contribution in [0.3, 0.4) is 0 Å². The molecule has 0 aliphatic carbocycles. The summed E-state index contributed by atoms with van der Waals surface area (Å²) in [5.41, 5.74) is 6.54. The van der Waals surface area contributed by atoms with Crippen molar-refractivity contribution in [1.29, 1.82) is 0 Å². The van der Waals surface area contributed by atoms with Crippen molar-refractivity contribution in [3.05, 3.63) is 23.8 Å². The van der Waals surface area contributed by atoms with Crippen LogP contribution in [0, 0.1) is 0 Å². The zero-order valence-electron chi connectivity index (χ0n) is 9.99. The van der Waals surface area contributed by atoms with E-state index >= 15 is 0 Å². The van der Waals surface area contributed by atoms with Crippen LogP contribution < -0.4 is 15.2 Å². The fourth-order valence-electron chi connectivity index (χ4n) is 1.33. The summed E-state index contributed by atoms with van der Waals surface area (Å²) in [4.78, 5) is 3.91. The lowest BCUT2D eigenvalue weighted by atomic mass is 10.2. The van der Waals surface area contributed by atoms with E-state index < -0.39 is 0 Å². The van der Waals surface area contributed by atoms with Gasteiger partial charge in [-0.05, 0) is 18.2 Å². The lowest BCUT2D eigenvalue weighted by molar-refractivity contribution is 0.171. The monoisotopic (exact) mass is 222 g/mol. The van der Waals surface area contributed by atoms with Crippen LogP contribution in [0.4, 0.5) is 0 Å². The van der Waals surface area contributed by atoms with Gasteiger partial charge in [-0.3, -0.25) is 4.99 Å². The largest absolute Gasteiger partial charge is 0.486 e. The topological polar surface area (TPSA) is 56.8 Å². The minimum Gasteiger partial charge on any atom is -0.486 e. The van der Waals surface area contributed by atoms with Crippen molar-refractivity contribution in [1.82, 2.24) is 0 Å². The van der Waals surface area contributed by atoms with Crippen molar-refractivity contribution in [2.75, 3.05) is 20.3 Å². The summed E-state index contributed by atoms with van der Waals surface area (Å²) in [5.74, 6) is 2.01. The third kappa shape index (κ3) is 2.66. The van der Waals surface area contributed by atoms with Crippen molar-refractivity contribution in [2.24, 2.45) is 10.7 Å². The predicted molar refractivity (Wildman–Crippen MR) is 65.4 cm³/mol. The maximum absolute atomic E-state index is 5.68. The highest BCUT2D eigenvalue weighted by molar-refractivity contribution is 5.97. The molecule has 0 atom stereocenters. The number of nitrogens with two attached hydrogens (primary N) is 1. The van der Waals surface area contributed by atoms with Crippen molar-refractivity contribution in [3.8, 4) is 11.5 Å². The van der Waals surface area contributed by atoms with Crippen molar-refractivity contribution < 1.29 is 9.47 Å². The molecule has 4 nitrogen and oxygen atoms in total. The van der Waals surface area contributed by atoms with E-state index in [9.17, 15) is 0 Å². The summed E-state index contributed by atoms with van der Waals surface area (Å²) >= 11 is 0. The molecule has 0 aromatic heterocycles. The highest BCUT2D eigenvalue weighted by Crippen LogP contribution is 2.30. The van der Waals surface area contributed by atoms with E-state index in [2.05, 4.69) is 4.99 Å². The molecule has 1 aromatic rings. The third-order valence-electron chi connectivity index (χ3n) is 2.08. The molecule has 0 amide bonds. The SMILES string of the molecule is CC.CN=C(N)c1ccc2c(c1)OCCO2. The van der Waals surface area contributed by atoms with Gasteiger partial charge < -0.3 is 15.2 Å². The van der Waals surface area contributed by atoms with Crippen LogP contribution in [0.2, 0.25) is 0 Å². The van der Waals surface area contributed by atoms with Crippen LogP contribution in [-0.2, 0) is 0 Å². The maximum atomic E-state index is 5.68. The second-order valence-electron chi connectivity index (χ2n) is 2.97. The molecule has 16 heavy (non-hydrogen) atoms. The van der Waals surface area contributed by atoms with Crippen molar-refractivity contribution in [2.45, 2.75) is 13.8 Å². The fraction of sp³-hybridized carbons (Fsp3) is 0.417. The standard InChI is InChI=1S/C10H12N2O2.C2H6/c1-12-10(11)7-2-3-8-9(6-7)14-5-4-13-8;1-2/h2-3,6H,4-5H2,1H3,(H2,11,12);1-2H3. The Bertz CT molecular complexity index is 375. The maximum Gasteiger partial charge on any atom is 0.162 e. The zero-order chi connectivity index (χ0) is 12.0. The second kappa shape index (κ2) is 6.00. The van der Waals surface area contributed by atoms with Gasteiger partial charge in [0.1, 0.15) is 19.0 Å². The smallest absolute Gasteiger partial charge is 0.162 e. The van der Waals surface area contributed by atoms with Gasteiger partial charge in [-0.2, -0.15) is 0 Å². The molecule has 1 aliphatic rings. The predicted octanol–water partition coefficient (Wildman–Crippen LogP) is 1.82. The van der Waals surface area contributed by atoms with Gasteiger partial charge in [-0.25, -0.2) is 0 Å². The first-order chi connectivity index (χ1) is 7.81. The van der Waals surface area contributed by atoms with Gasteiger partial charge >= 0.3 is 0 Å². The Hall–Kier alpha value is -1.71. The zero-order valence-corrected chi connectivity index (χ0v) is 9.99. The van der Waals surface area contributed by atoms with Gasteiger partial charge in [0.2, 0.25) is 0 Å². The van der Waals surface area contributed by atoms with E-state index in [1.54, 1.807) is 7.05 Å². The molecule has 0 bridgehead atoms. The number of amidine groups is 1. The number of hydrogen-bond donors (Lipinski definition) is 1. The van der Waals surface area contributed by atoms with Gasteiger partial charge in [-0.1, -0.05) is 13.8 Å². The highest BCUT2D eigenvalue weighted by Gasteiger charge is 2.12. The molecule has 0 radical (unpaired) electrons. The lowest BCUT2D eigenvalue weighted by Gasteiger charge is -2.18. The number of rotatable bonds is 1. The average molecular weight is 222 g/mol. The first kappa shape index (κ1) is 12.4. The molecule has 1 aliphatic heterocycles. The van der Waals surface area contributed by atoms with E-state index in [-0.39, 0.29) is 0 Å². The van der Waals surface area contributed by atoms with E-state index in [0.29, 0.717) is 19.0 Å². The van der Waals surface area contributed by atoms with Crippen molar-refractivity contribution in [3.63, 3.8) is 0 Å². The molecule has 0 saturated heterocycles. The Morgan fingerprint density at radius 1 is 1.19 bits per heavy atom. The van der Waals surface area contributed by atoms with E-state index in [1.807, 2.05) is 32.0 Å². The second-order valence-corrected chi connectivity index (χ2v) is 2.97. The number of nitrogens with zero attached hydrogens (tertiary/aromatic N) is 1. The third-order valence-corrected chi connectivity index (χ3v) is 2.08. The number of hydrogen-bond acceptors (Lipinski definition) is 3. The molecule has 2 N–H and O–H groups in total. The van der Waals surface area contributed by atoms with Crippen LogP contribution in [0.5, 0.6) is 11.5 Å². The molecular weight excluding hydrogens is 204 g/mol. The number of fused-ring (bicyclic) bond motifs is 1. The number of benzene rings is 1. The summed E-state index contributed by atoms with van der Waals surface area (Å²) in [6, 6.07) is 5.56. The quantitative estimate of drug-likeness (QED) is 0.582. The molecule has 0 saturated carbocycles. The first-order valence-corrected chi connectivity index (χ1v) is 5.43. The van der Waals surface area contributed by atoms with Crippen LogP contribution in [-0.4, -0.2) is 26.1 Å². The summed E-state index contributed by atoms with van der Waals surface area (Å²) in [6.45, 7) is 5.18. The van der Waals surface area contributed by atoms with E-state index in [0.717, 1.165) is 17.1 Å². The molecule has 0 fully saturated rings. The van der Waals surface area contributed by atoms with Gasteiger partial charge in [-0.15, -0.1) is 0 Å². The molecule has 1 heterocycles. The number of aliphatic imine (C=N–C) groups is 1.